The molecule has 0 fully saturated rings. The first-order chi connectivity index (χ1) is 19.6. The van der Waals surface area contributed by atoms with Gasteiger partial charge in [-0.25, -0.2) is 0 Å². The molecular weight excluding hydrogens is 480 g/mol. The molecule has 0 nitrogen and oxygen atoms in total. The first-order valence-electron chi connectivity index (χ1n) is 14.8. The molecule has 4 aromatic rings. The summed E-state index contributed by atoms with van der Waals surface area (Å²) in [4.78, 5) is 0. The lowest BCUT2D eigenvalue weighted by molar-refractivity contribution is 0.528. The average Bonchev–Trinajstić information content (AvgIpc) is 2.99. The molecule has 0 amide bonds. The molecule has 196 valence electrons. The van der Waals surface area contributed by atoms with Gasteiger partial charge in [0.1, 0.15) is 0 Å². The second kappa shape index (κ2) is 10.1. The zero-order chi connectivity index (χ0) is 27.2. The standard InChI is InChI=1S/C40H36/c1-4-11-29-15-7-12-26(2)40(29)27(3)32-18-9-16-30-24-39-31(25-38(30)32)22-23-37-35(20-10-21-36(37)39)34-19-8-14-28-13-5-6-17-33(28)34/h4-6,8-11,13-19,21-22,24-25,35,37H,3,7,12,20,23H2,1-2H3. The molecule has 0 saturated carbocycles. The lowest BCUT2D eigenvalue weighted by Gasteiger charge is -2.33. The van der Waals surface area contributed by atoms with Crippen LogP contribution in [0.4, 0.5) is 0 Å². The summed E-state index contributed by atoms with van der Waals surface area (Å²) in [6, 6.07) is 27.3. The molecule has 7 rings (SSSR count). The second-order valence-electron chi connectivity index (χ2n) is 11.6. The number of hydrogen-bond donors (Lipinski definition) is 0. The molecule has 0 saturated heterocycles. The maximum absolute atomic E-state index is 4.67. The van der Waals surface area contributed by atoms with E-state index < -0.39 is 0 Å². The number of hydrogen-bond acceptors (Lipinski definition) is 0. The first kappa shape index (κ1) is 24.9. The highest BCUT2D eigenvalue weighted by Gasteiger charge is 2.30. The number of rotatable bonds is 4. The molecule has 3 aliphatic carbocycles. The van der Waals surface area contributed by atoms with Crippen LogP contribution < -0.4 is 10.4 Å². The maximum atomic E-state index is 4.67. The van der Waals surface area contributed by atoms with Gasteiger partial charge in [0.2, 0.25) is 0 Å². The van der Waals surface area contributed by atoms with Crippen molar-refractivity contribution < 1.29 is 0 Å². The van der Waals surface area contributed by atoms with E-state index in [1.165, 1.54) is 65.4 Å². The van der Waals surface area contributed by atoms with Gasteiger partial charge in [-0.3, -0.25) is 0 Å². The minimum Gasteiger partial charge on any atom is -0.0905 e. The van der Waals surface area contributed by atoms with Gasteiger partial charge in [0.15, 0.2) is 0 Å². The molecule has 2 unspecified atom stereocenters. The number of allylic oxidation sites excluding steroid dienone is 9. The van der Waals surface area contributed by atoms with Crippen LogP contribution in [-0.2, 0) is 0 Å². The van der Waals surface area contributed by atoms with E-state index in [9.17, 15) is 0 Å². The number of fused-ring (bicyclic) bond motifs is 4. The molecule has 2 atom stereocenters. The molecular formula is C40H36. The normalized spacial score (nSPS) is 20.4. The second-order valence-corrected chi connectivity index (χ2v) is 11.6. The van der Waals surface area contributed by atoms with Crippen molar-refractivity contribution >= 4 is 38.8 Å². The summed E-state index contributed by atoms with van der Waals surface area (Å²) in [7, 11) is 0. The Morgan fingerprint density at radius 3 is 2.58 bits per heavy atom. The summed E-state index contributed by atoms with van der Waals surface area (Å²) >= 11 is 0. The van der Waals surface area contributed by atoms with Crippen molar-refractivity contribution in [3.8, 4) is 0 Å². The van der Waals surface area contributed by atoms with E-state index in [1.54, 1.807) is 0 Å². The van der Waals surface area contributed by atoms with Gasteiger partial charge in [0, 0.05) is 0 Å². The van der Waals surface area contributed by atoms with Crippen LogP contribution >= 0.6 is 0 Å². The van der Waals surface area contributed by atoms with Crippen molar-refractivity contribution in [1.82, 2.24) is 0 Å². The van der Waals surface area contributed by atoms with Crippen molar-refractivity contribution in [2.24, 2.45) is 5.92 Å². The van der Waals surface area contributed by atoms with Crippen molar-refractivity contribution in [1.29, 1.82) is 0 Å². The third kappa shape index (κ3) is 4.06. The molecule has 0 aromatic heterocycles. The quantitative estimate of drug-likeness (QED) is 0.253. The van der Waals surface area contributed by atoms with E-state index in [-0.39, 0.29) is 0 Å². The van der Waals surface area contributed by atoms with Crippen LogP contribution in [0.15, 0.2) is 126 Å². The van der Waals surface area contributed by atoms with E-state index >= 15 is 0 Å². The monoisotopic (exact) mass is 516 g/mol. The molecule has 3 aliphatic rings. The Hall–Kier alpha value is -4.16. The topological polar surface area (TPSA) is 0 Å². The van der Waals surface area contributed by atoms with Gasteiger partial charge < -0.3 is 0 Å². The fourth-order valence-corrected chi connectivity index (χ4v) is 7.44. The third-order valence-electron chi connectivity index (χ3n) is 9.32. The summed E-state index contributed by atoms with van der Waals surface area (Å²) < 4.78 is 0. The van der Waals surface area contributed by atoms with E-state index in [0.717, 1.165) is 31.3 Å². The molecule has 0 spiro atoms. The highest BCUT2D eigenvalue weighted by atomic mass is 14.3. The molecule has 0 heteroatoms. The molecule has 0 aliphatic heterocycles. The summed E-state index contributed by atoms with van der Waals surface area (Å²) in [5, 5.41) is 8.10. The summed E-state index contributed by atoms with van der Waals surface area (Å²) in [6.45, 7) is 9.04. The van der Waals surface area contributed by atoms with Gasteiger partial charge in [-0.05, 0) is 129 Å². The molecule has 0 N–H and O–H groups in total. The molecule has 40 heavy (non-hydrogen) atoms. The molecule has 0 heterocycles. The lowest BCUT2D eigenvalue weighted by Crippen LogP contribution is -2.35. The van der Waals surface area contributed by atoms with Crippen LogP contribution in [0, 0.1) is 5.92 Å². The highest BCUT2D eigenvalue weighted by Crippen LogP contribution is 2.43. The van der Waals surface area contributed by atoms with Gasteiger partial charge in [0.05, 0.1) is 0 Å². The van der Waals surface area contributed by atoms with Gasteiger partial charge in [-0.2, -0.15) is 0 Å². The Bertz CT molecular complexity index is 1930. The Labute approximate surface area is 237 Å². The summed E-state index contributed by atoms with van der Waals surface area (Å²) in [5.41, 5.74) is 9.44. The fraction of sp³-hybridized carbons (Fsp3) is 0.200. The molecule has 4 aromatic carbocycles. The van der Waals surface area contributed by atoms with Crippen LogP contribution in [0.1, 0.15) is 56.6 Å². The minimum absolute atomic E-state index is 0.496. The molecule has 0 bridgehead atoms. The molecule has 0 radical (unpaired) electrons. The summed E-state index contributed by atoms with van der Waals surface area (Å²) in [6.07, 6.45) is 18.4. The van der Waals surface area contributed by atoms with Crippen LogP contribution in [0.3, 0.4) is 0 Å². The largest absolute Gasteiger partial charge is 0.0905 e. The maximum Gasteiger partial charge on any atom is -0.00490 e. The predicted octanol–water partition coefficient (Wildman–Crippen LogP) is 9.31. The zero-order valence-corrected chi connectivity index (χ0v) is 23.6. The Balaban J connectivity index is 1.36. The van der Waals surface area contributed by atoms with E-state index in [1.807, 2.05) is 0 Å². The van der Waals surface area contributed by atoms with E-state index in [0.29, 0.717) is 11.8 Å². The third-order valence-corrected chi connectivity index (χ3v) is 9.32. The number of benzene rings is 4. The van der Waals surface area contributed by atoms with Crippen LogP contribution in [0.25, 0.3) is 38.8 Å². The lowest BCUT2D eigenvalue weighted by atomic mass is 9.71. The Morgan fingerprint density at radius 1 is 0.850 bits per heavy atom. The minimum atomic E-state index is 0.496. The Morgan fingerprint density at radius 2 is 1.68 bits per heavy atom. The highest BCUT2D eigenvalue weighted by molar-refractivity contribution is 5.99. The van der Waals surface area contributed by atoms with Crippen molar-refractivity contribution in [3.05, 3.63) is 148 Å². The summed E-state index contributed by atoms with van der Waals surface area (Å²) in [5.74, 6) is 0.998. The van der Waals surface area contributed by atoms with Crippen LogP contribution in [0.5, 0.6) is 0 Å². The fourth-order valence-electron chi connectivity index (χ4n) is 7.44. The van der Waals surface area contributed by atoms with Crippen LogP contribution in [-0.4, -0.2) is 0 Å². The predicted molar refractivity (Wildman–Crippen MR) is 173 cm³/mol. The van der Waals surface area contributed by atoms with E-state index in [4.69, 9.17) is 0 Å². The van der Waals surface area contributed by atoms with Crippen molar-refractivity contribution in [2.45, 2.75) is 45.4 Å². The van der Waals surface area contributed by atoms with Gasteiger partial charge in [-0.15, -0.1) is 0 Å². The average molecular weight is 517 g/mol. The van der Waals surface area contributed by atoms with Crippen molar-refractivity contribution in [2.75, 3.05) is 0 Å². The zero-order valence-electron chi connectivity index (χ0n) is 23.6. The van der Waals surface area contributed by atoms with Gasteiger partial charge >= 0.3 is 0 Å². The first-order valence-corrected chi connectivity index (χ1v) is 14.8. The van der Waals surface area contributed by atoms with Gasteiger partial charge in [-0.1, -0.05) is 109 Å². The van der Waals surface area contributed by atoms with Crippen molar-refractivity contribution in [3.63, 3.8) is 0 Å². The van der Waals surface area contributed by atoms with E-state index in [2.05, 4.69) is 130 Å². The van der Waals surface area contributed by atoms with Gasteiger partial charge in [0.25, 0.3) is 0 Å². The Kier molecular flexibility index (Phi) is 6.28. The smallest absolute Gasteiger partial charge is 0.00490 e. The van der Waals surface area contributed by atoms with Crippen LogP contribution in [0.2, 0.25) is 0 Å². The SMILES string of the molecule is C=C(C1=C(C)CCC=C1C=CC)c1cccc2cc3c(cc12)=CCC1C=3C=CCC1c1cccc2ccccc12.